The van der Waals surface area contributed by atoms with Crippen molar-refractivity contribution < 1.29 is 38.1 Å². The summed E-state index contributed by atoms with van der Waals surface area (Å²) in [6.45, 7) is 7.43. The van der Waals surface area contributed by atoms with Gasteiger partial charge in [-0.25, -0.2) is 19.2 Å². The largest absolute Gasteiger partial charge is 0.464 e. The third kappa shape index (κ3) is 5.59. The molecule has 2 unspecified atom stereocenters. The third-order valence-corrected chi connectivity index (χ3v) is 5.40. The van der Waals surface area contributed by atoms with Crippen LogP contribution >= 0.6 is 0 Å². The van der Waals surface area contributed by atoms with Crippen molar-refractivity contribution >= 4 is 35.3 Å². The molecule has 0 fully saturated rings. The first-order chi connectivity index (χ1) is 17.4. The van der Waals surface area contributed by atoms with Crippen molar-refractivity contribution in [1.29, 1.82) is 0 Å². The lowest BCUT2D eigenvalue weighted by Gasteiger charge is -2.42. The summed E-state index contributed by atoms with van der Waals surface area (Å²) in [6.07, 6.45) is -1.09. The van der Waals surface area contributed by atoms with E-state index in [1.54, 1.807) is 70.2 Å². The monoisotopic (exact) mass is 498 g/mol. The van der Waals surface area contributed by atoms with Crippen LogP contribution in [0.25, 0.3) is 0 Å². The predicted octanol–water partition coefficient (Wildman–Crippen LogP) is 3.47. The molecule has 1 aliphatic rings. The number of anilines is 2. The first-order valence-electron chi connectivity index (χ1n) is 11.8. The summed E-state index contributed by atoms with van der Waals surface area (Å²) in [5, 5.41) is 3.11. The van der Waals surface area contributed by atoms with Crippen molar-refractivity contribution in [3.05, 3.63) is 59.2 Å². The van der Waals surface area contributed by atoms with Gasteiger partial charge in [0.2, 0.25) is 6.17 Å². The van der Waals surface area contributed by atoms with Crippen LogP contribution in [0.3, 0.4) is 0 Å². The maximum atomic E-state index is 13.3. The molecular formula is C26H30N2O8. The van der Waals surface area contributed by atoms with Crippen molar-refractivity contribution in [2.24, 2.45) is 0 Å². The number of esters is 4. The summed E-state index contributed by atoms with van der Waals surface area (Å²) in [5.41, 5.74) is 1.90. The summed E-state index contributed by atoms with van der Waals surface area (Å²) in [6, 6.07) is 9.91. The molecule has 192 valence electrons. The molecule has 1 heterocycles. The van der Waals surface area contributed by atoms with Gasteiger partial charge in [0, 0.05) is 16.9 Å². The van der Waals surface area contributed by atoms with Crippen molar-refractivity contribution in [1.82, 2.24) is 0 Å². The Morgan fingerprint density at radius 2 is 1.25 bits per heavy atom. The molecule has 36 heavy (non-hydrogen) atoms. The standard InChI is InChI=1S/C26H30N2O8/c1-5-33-23(29)16-9-12-18(13-10-16)28-21(25(31)35-7-3)19-15-17(24(30)34-6-2)11-14-20(19)27-22(28)26(32)36-8-4/h9-15,21-22,27H,5-8H2,1-4H3. The van der Waals surface area contributed by atoms with Crippen LogP contribution in [-0.2, 0) is 28.5 Å². The lowest BCUT2D eigenvalue weighted by molar-refractivity contribution is -0.147. The summed E-state index contributed by atoms with van der Waals surface area (Å²) >= 11 is 0. The molecule has 0 bridgehead atoms. The van der Waals surface area contributed by atoms with Gasteiger partial charge in [-0.05, 0) is 70.2 Å². The second-order valence-electron chi connectivity index (χ2n) is 7.65. The molecule has 0 aromatic heterocycles. The van der Waals surface area contributed by atoms with Gasteiger partial charge in [-0.2, -0.15) is 0 Å². The molecule has 3 rings (SSSR count). The topological polar surface area (TPSA) is 120 Å². The number of rotatable bonds is 9. The molecule has 1 aliphatic heterocycles. The van der Waals surface area contributed by atoms with Crippen LogP contribution < -0.4 is 10.2 Å². The molecule has 2 aromatic rings. The highest BCUT2D eigenvalue weighted by Gasteiger charge is 2.44. The van der Waals surface area contributed by atoms with Gasteiger partial charge in [-0.1, -0.05) is 0 Å². The fraction of sp³-hybridized carbons (Fsp3) is 0.385. The second-order valence-corrected chi connectivity index (χ2v) is 7.65. The van der Waals surface area contributed by atoms with Crippen LogP contribution in [0.4, 0.5) is 11.4 Å². The van der Waals surface area contributed by atoms with Gasteiger partial charge in [0.05, 0.1) is 37.6 Å². The van der Waals surface area contributed by atoms with Crippen molar-refractivity contribution in [3.63, 3.8) is 0 Å². The number of nitrogens with zero attached hydrogens (tertiary/aromatic N) is 1. The molecule has 1 N–H and O–H groups in total. The van der Waals surface area contributed by atoms with Gasteiger partial charge in [-0.3, -0.25) is 0 Å². The first-order valence-corrected chi connectivity index (χ1v) is 11.8. The Kier molecular flexibility index (Phi) is 8.88. The van der Waals surface area contributed by atoms with Gasteiger partial charge in [0.15, 0.2) is 6.04 Å². The normalized spacial score (nSPS) is 16.3. The number of hydrogen-bond acceptors (Lipinski definition) is 10. The Morgan fingerprint density at radius 3 is 1.83 bits per heavy atom. The number of fused-ring (bicyclic) bond motifs is 1. The van der Waals surface area contributed by atoms with Gasteiger partial charge in [0.1, 0.15) is 0 Å². The summed E-state index contributed by atoms with van der Waals surface area (Å²) < 4.78 is 20.8. The van der Waals surface area contributed by atoms with Crippen molar-refractivity contribution in [2.75, 3.05) is 36.6 Å². The van der Waals surface area contributed by atoms with Crippen LogP contribution in [0.1, 0.15) is 60.0 Å². The summed E-state index contributed by atoms with van der Waals surface area (Å²) in [5.74, 6) is -2.26. The fourth-order valence-electron chi connectivity index (χ4n) is 3.92. The van der Waals surface area contributed by atoms with E-state index in [1.165, 1.54) is 4.90 Å². The third-order valence-electron chi connectivity index (χ3n) is 5.40. The lowest BCUT2D eigenvalue weighted by atomic mass is 9.95. The molecule has 10 heteroatoms. The SMILES string of the molecule is CCOC(=O)c1ccc(N2C(C(=O)OCC)Nc3ccc(C(=O)OCC)cc3C2C(=O)OCC)cc1. The van der Waals surface area contributed by atoms with E-state index in [-0.39, 0.29) is 32.0 Å². The quantitative estimate of drug-likeness (QED) is 0.406. The molecule has 0 spiro atoms. The number of carbonyl (C=O) groups excluding carboxylic acids is 4. The van der Waals surface area contributed by atoms with E-state index >= 15 is 0 Å². The van der Waals surface area contributed by atoms with Crippen LogP contribution in [0.2, 0.25) is 0 Å². The Bertz CT molecular complexity index is 1120. The number of nitrogens with one attached hydrogen (secondary N) is 1. The molecule has 2 atom stereocenters. The second kappa shape index (κ2) is 12.1. The molecule has 0 amide bonds. The summed E-state index contributed by atoms with van der Waals surface area (Å²) in [4.78, 5) is 52.4. The number of benzene rings is 2. The molecule has 10 nitrogen and oxygen atoms in total. The van der Waals surface area contributed by atoms with Gasteiger partial charge in [-0.15, -0.1) is 0 Å². The number of carbonyl (C=O) groups is 4. The Morgan fingerprint density at radius 1 is 0.722 bits per heavy atom. The van der Waals surface area contributed by atoms with Gasteiger partial charge in [0.25, 0.3) is 0 Å². The lowest BCUT2D eigenvalue weighted by Crippen LogP contribution is -2.54. The van der Waals surface area contributed by atoms with E-state index in [1.807, 2.05) is 0 Å². The first kappa shape index (κ1) is 26.5. The highest BCUT2D eigenvalue weighted by molar-refractivity contribution is 5.96. The van der Waals surface area contributed by atoms with Crippen LogP contribution in [0, 0.1) is 0 Å². The fourth-order valence-corrected chi connectivity index (χ4v) is 3.92. The van der Waals surface area contributed by atoms with E-state index in [0.717, 1.165) is 0 Å². The van der Waals surface area contributed by atoms with Crippen molar-refractivity contribution in [3.8, 4) is 0 Å². The maximum absolute atomic E-state index is 13.3. The highest BCUT2D eigenvalue weighted by Crippen LogP contribution is 2.40. The highest BCUT2D eigenvalue weighted by atomic mass is 16.5. The van der Waals surface area contributed by atoms with E-state index in [4.69, 9.17) is 18.9 Å². The minimum atomic E-state index is -1.10. The van der Waals surface area contributed by atoms with Crippen molar-refractivity contribution in [2.45, 2.75) is 39.9 Å². The molecule has 0 radical (unpaired) electrons. The average Bonchev–Trinajstić information content (AvgIpc) is 2.87. The van der Waals surface area contributed by atoms with E-state index < -0.39 is 36.1 Å². The van der Waals surface area contributed by atoms with E-state index in [0.29, 0.717) is 22.5 Å². The smallest absolute Gasteiger partial charge is 0.349 e. The molecule has 0 saturated heterocycles. The van der Waals surface area contributed by atoms with Gasteiger partial charge >= 0.3 is 23.9 Å². The predicted molar refractivity (Wildman–Crippen MR) is 131 cm³/mol. The number of ether oxygens (including phenoxy) is 4. The molecule has 2 aromatic carbocycles. The van der Waals surface area contributed by atoms with Gasteiger partial charge < -0.3 is 29.2 Å². The van der Waals surface area contributed by atoms with Crippen LogP contribution in [-0.4, -0.2) is 56.5 Å². The Labute approximate surface area is 209 Å². The average molecular weight is 499 g/mol. The van der Waals surface area contributed by atoms with E-state index in [9.17, 15) is 19.2 Å². The minimum Gasteiger partial charge on any atom is -0.464 e. The van der Waals surface area contributed by atoms with Crippen LogP contribution in [0.15, 0.2) is 42.5 Å². The zero-order chi connectivity index (χ0) is 26.2. The summed E-state index contributed by atoms with van der Waals surface area (Å²) in [7, 11) is 0. The zero-order valence-electron chi connectivity index (χ0n) is 20.7. The minimum absolute atomic E-state index is 0.107. The van der Waals surface area contributed by atoms with E-state index in [2.05, 4.69) is 5.32 Å². The van der Waals surface area contributed by atoms with Crippen LogP contribution in [0.5, 0.6) is 0 Å². The Hall–Kier alpha value is -4.08. The Balaban J connectivity index is 2.16. The molecule has 0 aliphatic carbocycles. The molecular weight excluding hydrogens is 468 g/mol. The number of hydrogen-bond donors (Lipinski definition) is 1. The molecule has 0 saturated carbocycles. The zero-order valence-corrected chi connectivity index (χ0v) is 20.7. The maximum Gasteiger partial charge on any atom is 0.349 e.